The summed E-state index contributed by atoms with van der Waals surface area (Å²) < 4.78 is 1.97. The second-order valence-electron chi connectivity index (χ2n) is 5.24. The van der Waals surface area contributed by atoms with Crippen molar-refractivity contribution in [1.29, 1.82) is 0 Å². The Bertz CT molecular complexity index is 547. The fourth-order valence-corrected chi connectivity index (χ4v) is 2.81. The van der Waals surface area contributed by atoms with Crippen molar-refractivity contribution in [1.82, 2.24) is 20.1 Å². The fourth-order valence-electron chi connectivity index (χ4n) is 2.81. The summed E-state index contributed by atoms with van der Waals surface area (Å²) in [5.74, 6) is 0.988. The lowest BCUT2D eigenvalue weighted by Crippen LogP contribution is -2.22. The highest BCUT2D eigenvalue weighted by atomic mass is 15.3. The molecule has 2 aromatic rings. The van der Waals surface area contributed by atoms with Crippen molar-refractivity contribution in [3.05, 3.63) is 47.5 Å². The topological polar surface area (TPSA) is 42.7 Å². The summed E-state index contributed by atoms with van der Waals surface area (Å²) in [5, 5.41) is 11.7. The normalized spacial score (nSPS) is 18.9. The Morgan fingerprint density at radius 1 is 1.32 bits per heavy atom. The molecule has 4 heteroatoms. The number of aromatic nitrogens is 3. The van der Waals surface area contributed by atoms with E-state index in [0.29, 0.717) is 6.04 Å². The van der Waals surface area contributed by atoms with Gasteiger partial charge in [0.2, 0.25) is 0 Å². The van der Waals surface area contributed by atoms with Crippen LogP contribution >= 0.6 is 0 Å². The number of rotatable bonds is 3. The number of hydrogen-bond acceptors (Lipinski definition) is 3. The second kappa shape index (κ2) is 5.53. The molecule has 0 saturated heterocycles. The van der Waals surface area contributed by atoms with Crippen molar-refractivity contribution in [3.8, 4) is 0 Å². The van der Waals surface area contributed by atoms with Crippen molar-refractivity contribution in [2.45, 2.75) is 38.3 Å². The lowest BCUT2D eigenvalue weighted by atomic mass is 9.99. The van der Waals surface area contributed by atoms with Gasteiger partial charge in [0, 0.05) is 13.1 Å². The Morgan fingerprint density at radius 2 is 2.21 bits per heavy atom. The molecule has 19 heavy (non-hydrogen) atoms. The first-order valence-corrected chi connectivity index (χ1v) is 6.98. The van der Waals surface area contributed by atoms with Crippen LogP contribution < -0.4 is 5.32 Å². The minimum Gasteiger partial charge on any atom is -0.320 e. The minimum absolute atomic E-state index is 0.440. The van der Waals surface area contributed by atoms with Gasteiger partial charge in [-0.3, -0.25) is 0 Å². The zero-order valence-corrected chi connectivity index (χ0v) is 11.3. The van der Waals surface area contributed by atoms with Gasteiger partial charge in [0.05, 0.1) is 6.54 Å². The third-order valence-corrected chi connectivity index (χ3v) is 3.93. The van der Waals surface area contributed by atoms with E-state index in [2.05, 4.69) is 39.8 Å². The predicted octanol–water partition coefficient (Wildman–Crippen LogP) is 2.37. The van der Waals surface area contributed by atoms with E-state index in [-0.39, 0.29) is 0 Å². The maximum Gasteiger partial charge on any atom is 0.146 e. The molecule has 0 amide bonds. The first kappa shape index (κ1) is 12.4. The molecule has 1 aromatic carbocycles. The average molecular weight is 256 g/mol. The van der Waals surface area contributed by atoms with Gasteiger partial charge in [-0.2, -0.15) is 0 Å². The molecule has 0 radical (unpaired) electrons. The Balaban J connectivity index is 1.75. The predicted molar refractivity (Wildman–Crippen MR) is 74.6 cm³/mol. The SMILES string of the molecule is Cn1cnnc1CNC1CCCCc2ccccc21. The third-order valence-electron chi connectivity index (χ3n) is 3.93. The fraction of sp³-hybridized carbons (Fsp3) is 0.467. The highest BCUT2D eigenvalue weighted by Crippen LogP contribution is 2.28. The van der Waals surface area contributed by atoms with E-state index in [1.165, 1.54) is 36.8 Å². The molecule has 1 atom stereocenters. The molecule has 0 aliphatic heterocycles. The zero-order valence-electron chi connectivity index (χ0n) is 11.3. The van der Waals surface area contributed by atoms with Gasteiger partial charge in [0.15, 0.2) is 0 Å². The number of fused-ring (bicyclic) bond motifs is 1. The summed E-state index contributed by atoms with van der Waals surface area (Å²) >= 11 is 0. The van der Waals surface area contributed by atoms with Crippen molar-refractivity contribution < 1.29 is 0 Å². The highest BCUT2D eigenvalue weighted by molar-refractivity contribution is 5.31. The maximum atomic E-state index is 4.13. The van der Waals surface area contributed by atoms with Crippen LogP contribution in [0.1, 0.15) is 42.3 Å². The van der Waals surface area contributed by atoms with Gasteiger partial charge in [-0.15, -0.1) is 10.2 Å². The van der Waals surface area contributed by atoms with Crippen LogP contribution in [0.2, 0.25) is 0 Å². The van der Waals surface area contributed by atoms with E-state index >= 15 is 0 Å². The van der Waals surface area contributed by atoms with Crippen LogP contribution in [-0.4, -0.2) is 14.8 Å². The number of aryl methyl sites for hydroxylation is 2. The first-order chi connectivity index (χ1) is 9.34. The Morgan fingerprint density at radius 3 is 3.05 bits per heavy atom. The van der Waals surface area contributed by atoms with Gasteiger partial charge in [-0.1, -0.05) is 30.7 Å². The van der Waals surface area contributed by atoms with Crippen molar-refractivity contribution >= 4 is 0 Å². The molecule has 0 bridgehead atoms. The molecule has 0 spiro atoms. The molecule has 1 aliphatic carbocycles. The maximum absolute atomic E-state index is 4.13. The van der Waals surface area contributed by atoms with Crippen LogP contribution in [0.15, 0.2) is 30.6 Å². The number of nitrogens with one attached hydrogen (secondary N) is 1. The summed E-state index contributed by atoms with van der Waals surface area (Å²) in [4.78, 5) is 0. The second-order valence-corrected chi connectivity index (χ2v) is 5.24. The quantitative estimate of drug-likeness (QED) is 0.857. The van der Waals surface area contributed by atoms with Gasteiger partial charge >= 0.3 is 0 Å². The van der Waals surface area contributed by atoms with E-state index in [1.807, 2.05) is 11.6 Å². The third kappa shape index (κ3) is 2.68. The van der Waals surface area contributed by atoms with Crippen molar-refractivity contribution in [3.63, 3.8) is 0 Å². The molecule has 1 aromatic heterocycles. The summed E-state index contributed by atoms with van der Waals surface area (Å²) in [6.45, 7) is 0.773. The van der Waals surface area contributed by atoms with Gasteiger partial charge < -0.3 is 9.88 Å². The van der Waals surface area contributed by atoms with Crippen LogP contribution in [0.4, 0.5) is 0 Å². The van der Waals surface area contributed by atoms with Crippen LogP contribution in [0, 0.1) is 0 Å². The van der Waals surface area contributed by atoms with Crippen molar-refractivity contribution in [2.24, 2.45) is 7.05 Å². The molecular weight excluding hydrogens is 236 g/mol. The number of nitrogens with zero attached hydrogens (tertiary/aromatic N) is 3. The molecule has 4 nitrogen and oxygen atoms in total. The summed E-state index contributed by atoms with van der Waals surface area (Å²) in [7, 11) is 1.98. The smallest absolute Gasteiger partial charge is 0.146 e. The van der Waals surface area contributed by atoms with Crippen molar-refractivity contribution in [2.75, 3.05) is 0 Å². The lowest BCUT2D eigenvalue weighted by molar-refractivity contribution is 0.476. The monoisotopic (exact) mass is 256 g/mol. The minimum atomic E-state index is 0.440. The molecule has 3 rings (SSSR count). The summed E-state index contributed by atoms with van der Waals surface area (Å²) in [5.41, 5.74) is 2.96. The molecule has 0 fully saturated rings. The lowest BCUT2D eigenvalue weighted by Gasteiger charge is -2.19. The summed E-state index contributed by atoms with van der Waals surface area (Å²) in [6, 6.07) is 9.24. The Hall–Kier alpha value is -1.68. The molecule has 100 valence electrons. The summed E-state index contributed by atoms with van der Waals surface area (Å²) in [6.07, 6.45) is 6.73. The van der Waals surface area contributed by atoms with E-state index in [0.717, 1.165) is 12.4 Å². The van der Waals surface area contributed by atoms with E-state index in [9.17, 15) is 0 Å². The van der Waals surface area contributed by atoms with Crippen LogP contribution in [0.3, 0.4) is 0 Å². The molecular formula is C15H20N4. The molecule has 1 heterocycles. The standard InChI is InChI=1S/C15H20N4/c1-19-11-17-18-15(19)10-16-14-9-5-3-7-12-6-2-4-8-13(12)14/h2,4,6,8,11,14,16H,3,5,7,9-10H2,1H3. The first-order valence-electron chi connectivity index (χ1n) is 6.98. The van der Waals surface area contributed by atoms with Gasteiger partial charge in [-0.05, 0) is 30.4 Å². The van der Waals surface area contributed by atoms with Gasteiger partial charge in [0.25, 0.3) is 0 Å². The number of benzene rings is 1. The Kier molecular flexibility index (Phi) is 3.60. The Labute approximate surface area is 113 Å². The molecule has 1 N–H and O–H groups in total. The van der Waals surface area contributed by atoms with Crippen LogP contribution in [0.5, 0.6) is 0 Å². The highest BCUT2D eigenvalue weighted by Gasteiger charge is 2.18. The number of hydrogen-bond donors (Lipinski definition) is 1. The molecule has 1 aliphatic rings. The van der Waals surface area contributed by atoms with E-state index < -0.39 is 0 Å². The van der Waals surface area contributed by atoms with Gasteiger partial charge in [-0.25, -0.2) is 0 Å². The van der Waals surface area contributed by atoms with Crippen LogP contribution in [0.25, 0.3) is 0 Å². The van der Waals surface area contributed by atoms with E-state index in [4.69, 9.17) is 0 Å². The molecule has 1 unspecified atom stereocenters. The zero-order chi connectivity index (χ0) is 13.1. The molecule has 0 saturated carbocycles. The van der Waals surface area contributed by atoms with Gasteiger partial charge in [0.1, 0.15) is 12.2 Å². The largest absolute Gasteiger partial charge is 0.320 e. The average Bonchev–Trinajstić information content (AvgIpc) is 2.73. The van der Waals surface area contributed by atoms with E-state index in [1.54, 1.807) is 6.33 Å². The van der Waals surface area contributed by atoms with Crippen LogP contribution in [-0.2, 0) is 20.0 Å².